The highest BCUT2D eigenvalue weighted by Gasteiger charge is 2.14. The molecule has 3 rings (SSSR count). The summed E-state index contributed by atoms with van der Waals surface area (Å²) < 4.78 is 5.63. The van der Waals surface area contributed by atoms with E-state index in [4.69, 9.17) is 4.74 Å². The van der Waals surface area contributed by atoms with Crippen LogP contribution in [0.15, 0.2) is 60.9 Å². The summed E-state index contributed by atoms with van der Waals surface area (Å²) in [7, 11) is 0. The second-order valence-corrected chi connectivity index (χ2v) is 5.80. The maximum absolute atomic E-state index is 12.3. The molecule has 0 fully saturated rings. The first kappa shape index (κ1) is 16.9. The van der Waals surface area contributed by atoms with Gasteiger partial charge in [-0.2, -0.15) is 0 Å². The number of fused-ring (bicyclic) bond motifs is 1. The van der Waals surface area contributed by atoms with Crippen LogP contribution in [0.2, 0.25) is 0 Å². The number of nitrogens with zero attached hydrogens (tertiary/aromatic N) is 2. The van der Waals surface area contributed by atoms with Crippen LogP contribution in [0, 0.1) is 0 Å². The van der Waals surface area contributed by atoms with Gasteiger partial charge in [0.25, 0.3) is 5.91 Å². The van der Waals surface area contributed by atoms with Crippen molar-refractivity contribution in [1.29, 1.82) is 0 Å². The Bertz CT molecular complexity index is 831. The van der Waals surface area contributed by atoms with E-state index < -0.39 is 0 Å². The van der Waals surface area contributed by atoms with Crippen LogP contribution in [0.25, 0.3) is 10.9 Å². The summed E-state index contributed by atoms with van der Waals surface area (Å²) in [5.74, 6) is 0.262. The van der Waals surface area contributed by atoms with E-state index >= 15 is 0 Å². The summed E-state index contributed by atoms with van der Waals surface area (Å²) in [5, 5.41) is 3.84. The molecular weight excluding hydrogens is 314 g/mol. The number of hydrogen-bond acceptors (Lipinski definition) is 4. The van der Waals surface area contributed by atoms with Crippen LogP contribution in [-0.4, -0.2) is 22.5 Å². The lowest BCUT2D eigenvalue weighted by Crippen LogP contribution is -2.32. The average molecular weight is 335 g/mol. The van der Waals surface area contributed by atoms with Crippen LogP contribution in [-0.2, 0) is 4.79 Å². The summed E-state index contributed by atoms with van der Waals surface area (Å²) in [6.45, 7) is 2.03. The van der Waals surface area contributed by atoms with Crippen LogP contribution in [0.4, 0.5) is 0 Å². The second-order valence-electron chi connectivity index (χ2n) is 5.80. The molecule has 1 aromatic heterocycles. The number of ether oxygens (including phenoxy) is 1. The van der Waals surface area contributed by atoms with Gasteiger partial charge in [-0.15, -0.1) is 0 Å². The van der Waals surface area contributed by atoms with Crippen LogP contribution >= 0.6 is 0 Å². The third kappa shape index (κ3) is 4.32. The zero-order valence-corrected chi connectivity index (χ0v) is 14.2. The Morgan fingerprint density at radius 1 is 1.08 bits per heavy atom. The predicted molar refractivity (Wildman–Crippen MR) is 97.3 cm³/mol. The number of amides is 1. The van der Waals surface area contributed by atoms with Gasteiger partial charge in [0.15, 0.2) is 6.61 Å². The summed E-state index contributed by atoms with van der Waals surface area (Å²) in [5.41, 5.74) is 1.89. The number of benzene rings is 2. The molecule has 5 nitrogen and oxygen atoms in total. The fourth-order valence-electron chi connectivity index (χ4n) is 2.76. The molecule has 0 aliphatic rings. The van der Waals surface area contributed by atoms with Gasteiger partial charge >= 0.3 is 0 Å². The van der Waals surface area contributed by atoms with Crippen molar-refractivity contribution in [2.45, 2.75) is 25.8 Å². The zero-order valence-electron chi connectivity index (χ0n) is 14.2. The molecule has 1 atom stereocenters. The predicted octanol–water partition coefficient (Wildman–Crippen LogP) is 3.67. The van der Waals surface area contributed by atoms with E-state index in [1.165, 1.54) is 6.33 Å². The molecule has 0 bridgehead atoms. The molecule has 0 aliphatic carbocycles. The van der Waals surface area contributed by atoms with Crippen LogP contribution < -0.4 is 10.1 Å². The average Bonchev–Trinajstić information content (AvgIpc) is 2.66. The second kappa shape index (κ2) is 8.24. The minimum atomic E-state index is -0.162. The van der Waals surface area contributed by atoms with E-state index in [1.807, 2.05) is 54.6 Å². The fourth-order valence-corrected chi connectivity index (χ4v) is 2.76. The zero-order chi connectivity index (χ0) is 17.5. The third-order valence-corrected chi connectivity index (χ3v) is 3.96. The SMILES string of the molecule is CCCC(NC(=O)COc1ncnc2ccccc12)c1ccccc1. The molecule has 0 saturated carbocycles. The van der Waals surface area contributed by atoms with Gasteiger partial charge in [0.1, 0.15) is 6.33 Å². The lowest BCUT2D eigenvalue weighted by atomic mass is 10.0. The molecule has 0 radical (unpaired) electrons. The first-order valence-electron chi connectivity index (χ1n) is 8.44. The Balaban J connectivity index is 1.65. The topological polar surface area (TPSA) is 64.1 Å². The molecule has 1 unspecified atom stereocenters. The molecule has 0 spiro atoms. The number of para-hydroxylation sites is 1. The van der Waals surface area contributed by atoms with E-state index in [0.29, 0.717) is 5.88 Å². The van der Waals surface area contributed by atoms with Crippen molar-refractivity contribution in [2.24, 2.45) is 0 Å². The van der Waals surface area contributed by atoms with E-state index in [0.717, 1.165) is 29.3 Å². The third-order valence-electron chi connectivity index (χ3n) is 3.96. The molecule has 0 aliphatic heterocycles. The van der Waals surface area contributed by atoms with Gasteiger partial charge < -0.3 is 10.1 Å². The van der Waals surface area contributed by atoms with Crippen LogP contribution in [0.5, 0.6) is 5.88 Å². The molecule has 1 N–H and O–H groups in total. The van der Waals surface area contributed by atoms with E-state index in [1.54, 1.807) is 0 Å². The number of rotatable bonds is 7. The first-order chi connectivity index (χ1) is 12.3. The molecule has 25 heavy (non-hydrogen) atoms. The Hall–Kier alpha value is -2.95. The van der Waals surface area contributed by atoms with E-state index in [-0.39, 0.29) is 18.6 Å². The molecule has 1 amide bonds. The summed E-state index contributed by atoms with van der Waals surface area (Å²) in [4.78, 5) is 20.7. The highest BCUT2D eigenvalue weighted by Crippen LogP contribution is 2.21. The lowest BCUT2D eigenvalue weighted by molar-refractivity contribution is -0.124. The normalized spacial score (nSPS) is 11.9. The molecule has 128 valence electrons. The summed E-state index contributed by atoms with van der Waals surface area (Å²) in [6, 6.07) is 17.5. The smallest absolute Gasteiger partial charge is 0.258 e. The molecule has 0 saturated heterocycles. The maximum Gasteiger partial charge on any atom is 0.258 e. The van der Waals surface area contributed by atoms with Crippen LogP contribution in [0.1, 0.15) is 31.4 Å². The Morgan fingerprint density at radius 2 is 1.84 bits per heavy atom. The first-order valence-corrected chi connectivity index (χ1v) is 8.44. The van der Waals surface area contributed by atoms with Crippen molar-refractivity contribution in [3.63, 3.8) is 0 Å². The van der Waals surface area contributed by atoms with Gasteiger partial charge in [0, 0.05) is 0 Å². The summed E-state index contributed by atoms with van der Waals surface area (Å²) >= 11 is 0. The van der Waals surface area contributed by atoms with Crippen LogP contribution in [0.3, 0.4) is 0 Å². The summed E-state index contributed by atoms with van der Waals surface area (Å²) in [6.07, 6.45) is 3.31. The highest BCUT2D eigenvalue weighted by molar-refractivity contribution is 5.84. The minimum absolute atomic E-state index is 0.00977. The Labute approximate surface area is 147 Å². The van der Waals surface area contributed by atoms with Gasteiger partial charge in [0.2, 0.25) is 5.88 Å². The molecule has 1 heterocycles. The molecule has 3 aromatic rings. The number of hydrogen-bond donors (Lipinski definition) is 1. The molecule has 2 aromatic carbocycles. The number of carbonyl (C=O) groups is 1. The van der Waals surface area contributed by atoms with Crippen molar-refractivity contribution in [3.8, 4) is 5.88 Å². The number of aromatic nitrogens is 2. The van der Waals surface area contributed by atoms with Gasteiger partial charge in [-0.05, 0) is 24.1 Å². The standard InChI is InChI=1S/C20H21N3O2/c1-2-8-17(15-9-4-3-5-10-15)23-19(24)13-25-20-16-11-6-7-12-18(16)21-14-22-20/h3-7,9-12,14,17H,2,8,13H2,1H3,(H,23,24). The van der Waals surface area contributed by atoms with Gasteiger partial charge in [-0.1, -0.05) is 55.8 Å². The van der Waals surface area contributed by atoms with E-state index in [9.17, 15) is 4.79 Å². The quantitative estimate of drug-likeness (QED) is 0.715. The lowest BCUT2D eigenvalue weighted by Gasteiger charge is -2.18. The van der Waals surface area contributed by atoms with E-state index in [2.05, 4.69) is 22.2 Å². The maximum atomic E-state index is 12.3. The van der Waals surface area contributed by atoms with Crippen molar-refractivity contribution >= 4 is 16.8 Å². The largest absolute Gasteiger partial charge is 0.467 e. The Morgan fingerprint density at radius 3 is 2.64 bits per heavy atom. The molecule has 5 heteroatoms. The number of nitrogens with one attached hydrogen (secondary N) is 1. The monoisotopic (exact) mass is 335 g/mol. The van der Waals surface area contributed by atoms with Gasteiger partial charge in [-0.3, -0.25) is 4.79 Å². The highest BCUT2D eigenvalue weighted by atomic mass is 16.5. The minimum Gasteiger partial charge on any atom is -0.467 e. The number of carbonyl (C=O) groups excluding carboxylic acids is 1. The van der Waals surface area contributed by atoms with Crippen molar-refractivity contribution in [1.82, 2.24) is 15.3 Å². The van der Waals surface area contributed by atoms with Gasteiger partial charge in [-0.25, -0.2) is 9.97 Å². The van der Waals surface area contributed by atoms with Crippen molar-refractivity contribution < 1.29 is 9.53 Å². The van der Waals surface area contributed by atoms with Gasteiger partial charge in [0.05, 0.1) is 16.9 Å². The Kier molecular flexibility index (Phi) is 5.57. The fraction of sp³-hybridized carbons (Fsp3) is 0.250. The van der Waals surface area contributed by atoms with Crippen molar-refractivity contribution in [3.05, 3.63) is 66.5 Å². The molecular formula is C20H21N3O2. The van der Waals surface area contributed by atoms with Crippen molar-refractivity contribution in [2.75, 3.05) is 6.61 Å².